The molecule has 0 saturated heterocycles. The van der Waals surface area contributed by atoms with Crippen molar-refractivity contribution in [2.24, 2.45) is 0 Å². The molecule has 1 unspecified atom stereocenters. The van der Waals surface area contributed by atoms with E-state index in [-0.39, 0.29) is 5.76 Å². The summed E-state index contributed by atoms with van der Waals surface area (Å²) in [5, 5.41) is 13.3. The summed E-state index contributed by atoms with van der Waals surface area (Å²) in [6.45, 7) is 13.7. The van der Waals surface area contributed by atoms with Gasteiger partial charge in [-0.15, -0.1) is 11.3 Å². The van der Waals surface area contributed by atoms with Crippen LogP contribution >= 0.6 is 11.3 Å². The predicted molar refractivity (Wildman–Crippen MR) is 105 cm³/mol. The van der Waals surface area contributed by atoms with Crippen molar-refractivity contribution in [3.8, 4) is 0 Å². The Morgan fingerprint density at radius 1 is 1.42 bits per heavy atom. The van der Waals surface area contributed by atoms with E-state index in [4.69, 9.17) is 15.6 Å². The summed E-state index contributed by atoms with van der Waals surface area (Å²) in [5.74, 6) is 0.0525. The second-order valence-corrected chi connectivity index (χ2v) is 6.48. The van der Waals surface area contributed by atoms with E-state index in [0.717, 1.165) is 17.1 Å². The molecule has 1 heterocycles. The molecule has 1 atom stereocenters. The maximum atomic E-state index is 8.99. The molecule has 2 aromatic rings. The molecule has 0 amide bonds. The third-order valence-electron chi connectivity index (χ3n) is 3.22. The molecule has 0 fully saturated rings. The topological polar surface area (TPSA) is 88.2 Å². The second kappa shape index (κ2) is 11.2. The number of aromatic nitrogens is 1. The SMILES string of the molecule is C=C(O)c1ccc(C)c(N)c1.C=O.CCC(C)Nc1ncc(C)s1. The molecule has 0 radical (unpaired) electrons. The first-order chi connectivity index (χ1) is 11.3. The van der Waals surface area contributed by atoms with Crippen LogP contribution < -0.4 is 11.1 Å². The average Bonchev–Trinajstić information content (AvgIpc) is 2.97. The van der Waals surface area contributed by atoms with E-state index in [1.54, 1.807) is 23.5 Å². The number of aliphatic hydroxyl groups excluding tert-OH is 1. The van der Waals surface area contributed by atoms with E-state index >= 15 is 0 Å². The second-order valence-electron chi connectivity index (χ2n) is 5.25. The van der Waals surface area contributed by atoms with Crippen molar-refractivity contribution >= 4 is 34.7 Å². The van der Waals surface area contributed by atoms with E-state index < -0.39 is 0 Å². The number of benzene rings is 1. The predicted octanol–water partition coefficient (Wildman–Crippen LogP) is 4.58. The molecule has 5 nitrogen and oxygen atoms in total. The third-order valence-corrected chi connectivity index (χ3v) is 4.06. The summed E-state index contributed by atoms with van der Waals surface area (Å²) in [5.41, 5.74) is 7.97. The van der Waals surface area contributed by atoms with Gasteiger partial charge in [0.1, 0.15) is 12.5 Å². The largest absolute Gasteiger partial charge is 0.508 e. The quantitative estimate of drug-likeness (QED) is 0.555. The van der Waals surface area contributed by atoms with E-state index in [1.165, 1.54) is 4.88 Å². The highest BCUT2D eigenvalue weighted by Gasteiger charge is 2.01. The first-order valence-electron chi connectivity index (χ1n) is 7.55. The number of aliphatic hydroxyl groups is 1. The molecule has 4 N–H and O–H groups in total. The average molecular weight is 350 g/mol. The van der Waals surface area contributed by atoms with Crippen LogP contribution in [0.3, 0.4) is 0 Å². The van der Waals surface area contributed by atoms with Gasteiger partial charge in [0.15, 0.2) is 5.13 Å². The molecule has 1 aromatic heterocycles. The maximum Gasteiger partial charge on any atom is 0.183 e. The lowest BCUT2D eigenvalue weighted by molar-refractivity contribution is -0.0979. The highest BCUT2D eigenvalue weighted by atomic mass is 32.1. The van der Waals surface area contributed by atoms with Crippen LogP contribution in [0.2, 0.25) is 0 Å². The van der Waals surface area contributed by atoms with Crippen molar-refractivity contribution in [2.45, 2.75) is 40.2 Å². The van der Waals surface area contributed by atoms with Crippen LogP contribution in [0.4, 0.5) is 10.8 Å². The smallest absolute Gasteiger partial charge is 0.183 e. The van der Waals surface area contributed by atoms with Gasteiger partial charge in [-0.1, -0.05) is 25.6 Å². The first kappa shape index (κ1) is 21.7. The minimum Gasteiger partial charge on any atom is -0.508 e. The van der Waals surface area contributed by atoms with Crippen molar-refractivity contribution in [1.29, 1.82) is 0 Å². The minimum absolute atomic E-state index is 0.0525. The van der Waals surface area contributed by atoms with Crippen molar-refractivity contribution in [3.05, 3.63) is 47.0 Å². The summed E-state index contributed by atoms with van der Waals surface area (Å²) >= 11 is 1.71. The van der Waals surface area contributed by atoms with Crippen LogP contribution in [0, 0.1) is 13.8 Å². The zero-order chi connectivity index (χ0) is 18.7. The number of anilines is 2. The number of rotatable bonds is 4. The Labute approximate surface area is 148 Å². The van der Waals surface area contributed by atoms with Gasteiger partial charge in [0.25, 0.3) is 0 Å². The van der Waals surface area contributed by atoms with Crippen molar-refractivity contribution in [2.75, 3.05) is 11.1 Å². The Morgan fingerprint density at radius 3 is 2.46 bits per heavy atom. The molecule has 0 aliphatic rings. The number of carbonyl (C=O) groups is 1. The molecule has 2 rings (SSSR count). The third kappa shape index (κ3) is 7.78. The van der Waals surface area contributed by atoms with E-state index in [1.807, 2.05) is 26.0 Å². The fourth-order valence-corrected chi connectivity index (χ4v) is 2.33. The minimum atomic E-state index is 0.0525. The summed E-state index contributed by atoms with van der Waals surface area (Å²) in [6.07, 6.45) is 3.04. The molecule has 0 aliphatic heterocycles. The lowest BCUT2D eigenvalue weighted by atomic mass is 10.1. The van der Waals surface area contributed by atoms with Crippen LogP contribution in [-0.2, 0) is 4.79 Å². The van der Waals surface area contributed by atoms with Gasteiger partial charge in [-0.25, -0.2) is 4.98 Å². The van der Waals surface area contributed by atoms with Crippen molar-refractivity contribution in [1.82, 2.24) is 4.98 Å². The zero-order valence-corrected chi connectivity index (χ0v) is 15.6. The normalized spacial score (nSPS) is 10.5. The van der Waals surface area contributed by atoms with Gasteiger partial charge in [0, 0.05) is 28.4 Å². The fourth-order valence-electron chi connectivity index (χ4n) is 1.55. The molecule has 0 aliphatic carbocycles. The summed E-state index contributed by atoms with van der Waals surface area (Å²) < 4.78 is 0. The van der Waals surface area contributed by atoms with Gasteiger partial charge < -0.3 is 21.0 Å². The number of hydrogen-bond acceptors (Lipinski definition) is 6. The van der Waals surface area contributed by atoms with Gasteiger partial charge in [0.05, 0.1) is 0 Å². The standard InChI is InChI=1S/C9H11NO.C8H14N2S.CH2O/c1-6-3-4-8(7(2)11)5-9(6)10;1-4-6(2)10-8-9-5-7(3)11-8;1-2/h3-5,11H,2,10H2,1H3;5-6H,4H2,1-3H3,(H,9,10);1H2. The number of aryl methyl sites for hydroxylation is 2. The van der Waals surface area contributed by atoms with Crippen molar-refractivity contribution in [3.63, 3.8) is 0 Å². The van der Waals surface area contributed by atoms with E-state index in [9.17, 15) is 0 Å². The number of nitrogen functional groups attached to an aromatic ring is 1. The van der Waals surface area contributed by atoms with Crippen molar-refractivity contribution < 1.29 is 9.90 Å². The zero-order valence-electron chi connectivity index (χ0n) is 14.8. The maximum absolute atomic E-state index is 8.99. The Bertz CT molecular complexity index is 641. The van der Waals surface area contributed by atoms with Gasteiger partial charge >= 0.3 is 0 Å². The van der Waals surface area contributed by atoms with Crippen LogP contribution in [0.25, 0.3) is 5.76 Å². The Kier molecular flexibility index (Phi) is 10.1. The fraction of sp³-hybridized carbons (Fsp3) is 0.333. The van der Waals surface area contributed by atoms with E-state index in [2.05, 4.69) is 37.7 Å². The first-order valence-corrected chi connectivity index (χ1v) is 8.37. The molecule has 132 valence electrons. The molecule has 0 spiro atoms. The van der Waals surface area contributed by atoms with Crippen LogP contribution in [-0.4, -0.2) is 22.9 Å². The molecule has 24 heavy (non-hydrogen) atoms. The highest BCUT2D eigenvalue weighted by Crippen LogP contribution is 2.18. The van der Waals surface area contributed by atoms with Gasteiger partial charge in [-0.2, -0.15) is 0 Å². The molecule has 0 saturated carbocycles. The molecule has 1 aromatic carbocycles. The van der Waals surface area contributed by atoms with E-state index in [0.29, 0.717) is 17.3 Å². The number of thiazole rings is 1. The lowest BCUT2D eigenvalue weighted by Crippen LogP contribution is -2.12. The van der Waals surface area contributed by atoms with Gasteiger partial charge in [-0.3, -0.25) is 0 Å². The molecule has 6 heteroatoms. The van der Waals surface area contributed by atoms with Gasteiger partial charge in [0.2, 0.25) is 0 Å². The Morgan fingerprint density at radius 2 is 2.04 bits per heavy atom. The Hall–Kier alpha value is -2.34. The number of nitrogens with one attached hydrogen (secondary N) is 1. The molecular formula is C18H27N3O2S. The lowest BCUT2D eigenvalue weighted by Gasteiger charge is -2.08. The highest BCUT2D eigenvalue weighted by molar-refractivity contribution is 7.15. The molecule has 0 bridgehead atoms. The number of hydrogen-bond donors (Lipinski definition) is 3. The monoisotopic (exact) mass is 349 g/mol. The van der Waals surface area contributed by atoms with Crippen LogP contribution in [0.1, 0.15) is 36.3 Å². The number of nitrogens with two attached hydrogens (primary N) is 1. The van der Waals surface area contributed by atoms with Crippen LogP contribution in [0.15, 0.2) is 31.0 Å². The van der Waals surface area contributed by atoms with Crippen LogP contribution in [0.5, 0.6) is 0 Å². The van der Waals surface area contributed by atoms with Gasteiger partial charge in [-0.05, 0) is 38.8 Å². The summed E-state index contributed by atoms with van der Waals surface area (Å²) in [7, 11) is 0. The Balaban J connectivity index is 0.000000400. The number of carbonyl (C=O) groups excluding carboxylic acids is 1. The number of nitrogens with zero attached hydrogens (tertiary/aromatic N) is 1. The summed E-state index contributed by atoms with van der Waals surface area (Å²) in [4.78, 5) is 13.5. The molecular weight excluding hydrogens is 322 g/mol. The summed E-state index contributed by atoms with van der Waals surface area (Å²) in [6, 6.07) is 5.87.